The number of hydrogen-bond donors (Lipinski definition) is 2. The van der Waals surface area contributed by atoms with Crippen molar-refractivity contribution in [3.05, 3.63) is 96.2 Å². The number of rotatable bonds is 9. The number of nitrogens with zero attached hydrogens (tertiary/aromatic N) is 4. The molecule has 1 unspecified atom stereocenters. The highest BCUT2D eigenvalue weighted by molar-refractivity contribution is 5.95. The highest BCUT2D eigenvalue weighted by Gasteiger charge is 2.20. The number of carbonyl (C=O) groups is 1. The van der Waals surface area contributed by atoms with Crippen molar-refractivity contribution in [2.24, 2.45) is 7.05 Å². The van der Waals surface area contributed by atoms with E-state index >= 15 is 0 Å². The molecule has 33 heavy (non-hydrogen) atoms. The van der Waals surface area contributed by atoms with Crippen molar-refractivity contribution in [3.8, 4) is 11.1 Å². The summed E-state index contributed by atoms with van der Waals surface area (Å²) >= 11 is 0. The van der Waals surface area contributed by atoms with Crippen molar-refractivity contribution < 1.29 is 4.79 Å². The van der Waals surface area contributed by atoms with Gasteiger partial charge < -0.3 is 10.6 Å². The standard InChI is InChI=1S/C26H28N6O/c1-19-8-9-20(14-28-19)12-13-27-17-24(21-6-4-3-5-7-21)26(33)31-25-11-10-22(15-29-25)23-16-30-32(2)18-23/h3-11,14-16,18,24,27H,12-13,17H2,1-2H3,(H,29,31,33). The molecular formula is C26H28N6O. The van der Waals surface area contributed by atoms with Crippen LogP contribution in [0.25, 0.3) is 11.1 Å². The summed E-state index contributed by atoms with van der Waals surface area (Å²) in [5.74, 6) is 0.105. The average molecular weight is 441 g/mol. The molecule has 0 fully saturated rings. The second-order valence-electron chi connectivity index (χ2n) is 8.05. The first-order valence-corrected chi connectivity index (χ1v) is 11.0. The minimum atomic E-state index is -0.331. The van der Waals surface area contributed by atoms with Gasteiger partial charge in [0.1, 0.15) is 5.82 Å². The fraction of sp³-hybridized carbons (Fsp3) is 0.231. The normalized spacial score (nSPS) is 11.8. The summed E-state index contributed by atoms with van der Waals surface area (Å²) in [6.45, 7) is 3.27. The quantitative estimate of drug-likeness (QED) is 0.387. The molecule has 1 atom stereocenters. The Morgan fingerprint density at radius 1 is 0.970 bits per heavy atom. The Morgan fingerprint density at radius 3 is 2.48 bits per heavy atom. The molecule has 4 rings (SSSR count). The van der Waals surface area contributed by atoms with Gasteiger partial charge in [0.2, 0.25) is 5.91 Å². The summed E-state index contributed by atoms with van der Waals surface area (Å²) < 4.78 is 1.75. The molecule has 0 aliphatic heterocycles. The van der Waals surface area contributed by atoms with E-state index < -0.39 is 0 Å². The highest BCUT2D eigenvalue weighted by atomic mass is 16.2. The molecule has 1 aromatic carbocycles. The largest absolute Gasteiger partial charge is 0.315 e. The van der Waals surface area contributed by atoms with Crippen molar-refractivity contribution in [1.82, 2.24) is 25.1 Å². The molecule has 0 spiro atoms. The molecule has 4 aromatic rings. The maximum atomic E-state index is 13.2. The zero-order valence-corrected chi connectivity index (χ0v) is 18.9. The van der Waals surface area contributed by atoms with Gasteiger partial charge in [0, 0.05) is 49.0 Å². The van der Waals surface area contributed by atoms with E-state index in [1.807, 2.05) is 74.9 Å². The Balaban J connectivity index is 1.38. The number of pyridine rings is 2. The van der Waals surface area contributed by atoms with Gasteiger partial charge in [-0.05, 0) is 49.2 Å². The molecule has 1 amide bonds. The summed E-state index contributed by atoms with van der Waals surface area (Å²) in [4.78, 5) is 21.9. The van der Waals surface area contributed by atoms with Gasteiger partial charge in [-0.25, -0.2) is 4.98 Å². The van der Waals surface area contributed by atoms with Crippen LogP contribution in [0.2, 0.25) is 0 Å². The van der Waals surface area contributed by atoms with E-state index in [9.17, 15) is 4.79 Å². The summed E-state index contributed by atoms with van der Waals surface area (Å²) in [6.07, 6.45) is 8.23. The molecule has 168 valence electrons. The number of nitrogens with one attached hydrogen (secondary N) is 2. The Labute approximate surface area is 193 Å². The summed E-state index contributed by atoms with van der Waals surface area (Å²) in [6, 6.07) is 17.7. The predicted octanol–water partition coefficient (Wildman–Crippen LogP) is 3.74. The first kappa shape index (κ1) is 22.4. The maximum absolute atomic E-state index is 13.2. The van der Waals surface area contributed by atoms with Crippen LogP contribution in [-0.4, -0.2) is 38.7 Å². The van der Waals surface area contributed by atoms with Crippen LogP contribution >= 0.6 is 0 Å². The average Bonchev–Trinajstić information content (AvgIpc) is 3.27. The predicted molar refractivity (Wildman–Crippen MR) is 130 cm³/mol. The summed E-state index contributed by atoms with van der Waals surface area (Å²) in [7, 11) is 1.88. The Hall–Kier alpha value is -3.84. The lowest BCUT2D eigenvalue weighted by Gasteiger charge is -2.18. The van der Waals surface area contributed by atoms with Crippen molar-refractivity contribution in [2.75, 3.05) is 18.4 Å². The number of hydrogen-bond acceptors (Lipinski definition) is 5. The van der Waals surface area contributed by atoms with E-state index in [2.05, 4.69) is 31.8 Å². The Bertz CT molecular complexity index is 1170. The van der Waals surface area contributed by atoms with Crippen LogP contribution in [0.5, 0.6) is 0 Å². The van der Waals surface area contributed by atoms with Crippen LogP contribution in [0.15, 0.2) is 79.4 Å². The first-order valence-electron chi connectivity index (χ1n) is 11.0. The smallest absolute Gasteiger partial charge is 0.234 e. The minimum absolute atomic E-state index is 0.0904. The van der Waals surface area contributed by atoms with Crippen LogP contribution in [0.3, 0.4) is 0 Å². The zero-order valence-electron chi connectivity index (χ0n) is 18.9. The Morgan fingerprint density at radius 2 is 1.82 bits per heavy atom. The van der Waals surface area contributed by atoms with E-state index in [0.717, 1.165) is 35.3 Å². The van der Waals surface area contributed by atoms with Crippen LogP contribution in [0, 0.1) is 6.92 Å². The highest BCUT2D eigenvalue weighted by Crippen LogP contribution is 2.20. The lowest BCUT2D eigenvalue weighted by atomic mass is 9.98. The number of benzene rings is 1. The van der Waals surface area contributed by atoms with Gasteiger partial charge >= 0.3 is 0 Å². The molecule has 0 bridgehead atoms. The van der Waals surface area contributed by atoms with E-state index in [4.69, 9.17) is 0 Å². The summed E-state index contributed by atoms with van der Waals surface area (Å²) in [5, 5.41) is 10.6. The van der Waals surface area contributed by atoms with Crippen molar-refractivity contribution in [2.45, 2.75) is 19.3 Å². The van der Waals surface area contributed by atoms with Gasteiger partial charge in [-0.3, -0.25) is 14.5 Å². The van der Waals surface area contributed by atoms with Gasteiger partial charge in [0.25, 0.3) is 0 Å². The van der Waals surface area contributed by atoms with Gasteiger partial charge in [0.15, 0.2) is 0 Å². The number of amides is 1. The van der Waals surface area contributed by atoms with Gasteiger partial charge in [0.05, 0.1) is 12.1 Å². The molecule has 3 aromatic heterocycles. The van der Waals surface area contributed by atoms with E-state index in [1.54, 1.807) is 17.1 Å². The fourth-order valence-corrected chi connectivity index (χ4v) is 3.59. The third-order valence-corrected chi connectivity index (χ3v) is 5.48. The van der Waals surface area contributed by atoms with Crippen molar-refractivity contribution in [3.63, 3.8) is 0 Å². The topological polar surface area (TPSA) is 84.7 Å². The van der Waals surface area contributed by atoms with Gasteiger partial charge in [-0.1, -0.05) is 36.4 Å². The molecule has 7 heteroatoms. The molecule has 0 aliphatic carbocycles. The van der Waals surface area contributed by atoms with E-state index in [-0.39, 0.29) is 11.8 Å². The number of aromatic nitrogens is 4. The van der Waals surface area contributed by atoms with Crippen molar-refractivity contribution in [1.29, 1.82) is 0 Å². The molecule has 7 nitrogen and oxygen atoms in total. The van der Waals surface area contributed by atoms with Crippen LogP contribution < -0.4 is 10.6 Å². The van der Waals surface area contributed by atoms with E-state index in [1.165, 1.54) is 5.56 Å². The fourth-order valence-electron chi connectivity index (χ4n) is 3.59. The SMILES string of the molecule is Cc1ccc(CCNCC(C(=O)Nc2ccc(-c3cnn(C)c3)cn2)c2ccccc2)cn1. The number of carbonyl (C=O) groups excluding carboxylic acids is 1. The van der Waals surface area contributed by atoms with E-state index in [0.29, 0.717) is 12.4 Å². The molecule has 0 saturated carbocycles. The monoisotopic (exact) mass is 440 g/mol. The van der Waals surface area contributed by atoms with Crippen molar-refractivity contribution >= 4 is 11.7 Å². The van der Waals surface area contributed by atoms with Gasteiger partial charge in [-0.15, -0.1) is 0 Å². The van der Waals surface area contributed by atoms with Gasteiger partial charge in [-0.2, -0.15) is 5.10 Å². The zero-order chi connectivity index (χ0) is 23.0. The van der Waals surface area contributed by atoms with Crippen LogP contribution in [0.1, 0.15) is 22.7 Å². The molecular weight excluding hydrogens is 412 g/mol. The molecule has 0 radical (unpaired) electrons. The Kier molecular flexibility index (Phi) is 7.22. The summed E-state index contributed by atoms with van der Waals surface area (Å²) in [5.41, 5.74) is 5.08. The first-order chi connectivity index (χ1) is 16.1. The number of anilines is 1. The number of aryl methyl sites for hydroxylation is 2. The van der Waals surface area contributed by atoms with Crippen LogP contribution in [0.4, 0.5) is 5.82 Å². The second-order valence-corrected chi connectivity index (χ2v) is 8.05. The van der Waals surface area contributed by atoms with Crippen LogP contribution in [-0.2, 0) is 18.3 Å². The maximum Gasteiger partial charge on any atom is 0.234 e. The third kappa shape index (κ3) is 6.11. The molecule has 0 saturated heterocycles. The minimum Gasteiger partial charge on any atom is -0.315 e. The third-order valence-electron chi connectivity index (χ3n) is 5.48. The lowest BCUT2D eigenvalue weighted by Crippen LogP contribution is -2.32. The molecule has 0 aliphatic rings. The molecule has 2 N–H and O–H groups in total. The molecule has 3 heterocycles. The second kappa shape index (κ2) is 10.7. The lowest BCUT2D eigenvalue weighted by molar-refractivity contribution is -0.117.